The second-order valence-corrected chi connectivity index (χ2v) is 6.07. The van der Waals surface area contributed by atoms with Crippen LogP contribution in [0.1, 0.15) is 32.6 Å². The number of hydrogen-bond donors (Lipinski definition) is 1. The summed E-state index contributed by atoms with van der Waals surface area (Å²) in [6, 6.07) is 7.56. The molecule has 24 heavy (non-hydrogen) atoms. The molecule has 0 spiro atoms. The Morgan fingerprint density at radius 1 is 1.21 bits per heavy atom. The van der Waals surface area contributed by atoms with Crippen molar-refractivity contribution >= 4 is 11.8 Å². The maximum absolute atomic E-state index is 12.2. The number of amides is 2. The lowest BCUT2D eigenvalue weighted by atomic mass is 10.1. The van der Waals surface area contributed by atoms with Crippen LogP contribution in [0.25, 0.3) is 0 Å². The zero-order chi connectivity index (χ0) is 17.4. The molecule has 1 aliphatic heterocycles. The molecule has 2 rings (SSSR count). The number of likely N-dealkylation sites (N-methyl/N-ethyl adjacent to an activating group) is 1. The second kappa shape index (κ2) is 9.15. The predicted octanol–water partition coefficient (Wildman–Crippen LogP) is 1.98. The number of nitrogens with one attached hydrogen (secondary N) is 1. The van der Waals surface area contributed by atoms with Crippen LogP contribution in [-0.4, -0.2) is 49.6 Å². The third-order valence-electron chi connectivity index (χ3n) is 3.91. The molecule has 0 bridgehead atoms. The zero-order valence-corrected chi connectivity index (χ0v) is 14.4. The van der Waals surface area contributed by atoms with Crippen LogP contribution in [0, 0.1) is 0 Å². The Morgan fingerprint density at radius 3 is 2.71 bits per heavy atom. The summed E-state index contributed by atoms with van der Waals surface area (Å²) >= 11 is 0. The average Bonchev–Trinajstić information content (AvgIpc) is 2.57. The fraction of sp³-hybridized carbons (Fsp3) is 0.556. The average molecular weight is 334 g/mol. The van der Waals surface area contributed by atoms with Gasteiger partial charge in [-0.05, 0) is 25.0 Å². The number of hydrogen-bond acceptors (Lipinski definition) is 4. The predicted molar refractivity (Wildman–Crippen MR) is 91.1 cm³/mol. The van der Waals surface area contributed by atoms with Gasteiger partial charge in [0.05, 0.1) is 6.54 Å². The van der Waals surface area contributed by atoms with Gasteiger partial charge in [-0.15, -0.1) is 0 Å². The highest BCUT2D eigenvalue weighted by Gasteiger charge is 2.23. The van der Waals surface area contributed by atoms with Crippen molar-refractivity contribution in [2.45, 2.75) is 38.7 Å². The molecule has 0 fully saturated rings. The van der Waals surface area contributed by atoms with Crippen LogP contribution in [0.2, 0.25) is 0 Å². The van der Waals surface area contributed by atoms with E-state index in [1.807, 2.05) is 24.3 Å². The molecule has 1 aromatic rings. The number of rotatable bonds is 8. The Bertz CT molecular complexity index is 562. The number of unbranched alkanes of at least 4 members (excludes halogenated alkanes) is 2. The van der Waals surface area contributed by atoms with Gasteiger partial charge in [0.15, 0.2) is 17.6 Å². The van der Waals surface area contributed by atoms with Crippen LogP contribution in [-0.2, 0) is 9.59 Å². The summed E-state index contributed by atoms with van der Waals surface area (Å²) in [6.07, 6.45) is 3.02. The lowest BCUT2D eigenvalue weighted by Crippen LogP contribution is -2.41. The van der Waals surface area contributed by atoms with Gasteiger partial charge in [-0.3, -0.25) is 9.59 Å². The van der Waals surface area contributed by atoms with Gasteiger partial charge >= 0.3 is 0 Å². The topological polar surface area (TPSA) is 67.9 Å². The third kappa shape index (κ3) is 5.76. The minimum Gasteiger partial charge on any atom is -0.486 e. The molecule has 1 N–H and O–H groups in total. The summed E-state index contributed by atoms with van der Waals surface area (Å²) in [7, 11) is 1.80. The molecule has 6 heteroatoms. The summed E-state index contributed by atoms with van der Waals surface area (Å²) in [5.74, 6) is 1.58. The summed E-state index contributed by atoms with van der Waals surface area (Å²) < 4.78 is 11.5. The van der Waals surface area contributed by atoms with Crippen molar-refractivity contribution in [2.75, 3.05) is 26.7 Å². The molecule has 2 amide bonds. The molecule has 0 saturated heterocycles. The standard InChI is InChI=1S/C18H26N2O4/c1-14(21)19-11-7-3-4-10-18(22)20(2)12-15-13-23-16-8-5-6-9-17(16)24-15/h5-6,8-9,15H,3-4,7,10-13H2,1-2H3,(H,19,21). The van der Waals surface area contributed by atoms with Crippen LogP contribution in [0.5, 0.6) is 11.5 Å². The van der Waals surface area contributed by atoms with E-state index in [1.165, 1.54) is 6.92 Å². The largest absolute Gasteiger partial charge is 0.486 e. The van der Waals surface area contributed by atoms with Crippen molar-refractivity contribution in [3.8, 4) is 11.5 Å². The van der Waals surface area contributed by atoms with Crippen molar-refractivity contribution in [1.82, 2.24) is 10.2 Å². The number of nitrogens with zero attached hydrogens (tertiary/aromatic N) is 1. The van der Waals surface area contributed by atoms with E-state index in [9.17, 15) is 9.59 Å². The van der Waals surface area contributed by atoms with Crippen LogP contribution in [0.3, 0.4) is 0 Å². The Morgan fingerprint density at radius 2 is 1.96 bits per heavy atom. The highest BCUT2D eigenvalue weighted by Crippen LogP contribution is 2.30. The fourth-order valence-electron chi connectivity index (χ4n) is 2.59. The van der Waals surface area contributed by atoms with Crippen molar-refractivity contribution < 1.29 is 19.1 Å². The molecule has 0 saturated carbocycles. The van der Waals surface area contributed by atoms with Crippen molar-refractivity contribution in [3.63, 3.8) is 0 Å². The highest BCUT2D eigenvalue weighted by atomic mass is 16.6. The highest BCUT2D eigenvalue weighted by molar-refractivity contribution is 5.75. The quantitative estimate of drug-likeness (QED) is 0.738. The first kappa shape index (κ1) is 18.1. The zero-order valence-electron chi connectivity index (χ0n) is 14.4. The second-order valence-electron chi connectivity index (χ2n) is 6.07. The summed E-state index contributed by atoms with van der Waals surface area (Å²) in [5.41, 5.74) is 0. The van der Waals surface area contributed by atoms with Gasteiger partial charge < -0.3 is 19.7 Å². The Balaban J connectivity index is 1.64. The normalized spacial score (nSPS) is 15.7. The molecular weight excluding hydrogens is 308 g/mol. The molecule has 6 nitrogen and oxygen atoms in total. The first-order chi connectivity index (χ1) is 11.6. The molecular formula is C18H26N2O4. The molecule has 0 aromatic heterocycles. The number of para-hydroxylation sites is 2. The summed E-state index contributed by atoms with van der Waals surface area (Å²) in [4.78, 5) is 24.6. The van der Waals surface area contributed by atoms with E-state index in [2.05, 4.69) is 5.32 Å². The van der Waals surface area contributed by atoms with Crippen molar-refractivity contribution in [3.05, 3.63) is 24.3 Å². The van der Waals surface area contributed by atoms with Gasteiger partial charge in [-0.2, -0.15) is 0 Å². The number of ether oxygens (including phenoxy) is 2. The molecule has 1 heterocycles. The first-order valence-electron chi connectivity index (χ1n) is 8.43. The summed E-state index contributed by atoms with van der Waals surface area (Å²) in [6.45, 7) is 3.14. The van der Waals surface area contributed by atoms with E-state index >= 15 is 0 Å². The van der Waals surface area contributed by atoms with Gasteiger partial charge in [0.1, 0.15) is 6.61 Å². The minimum absolute atomic E-state index is 0.0120. The number of carbonyl (C=O) groups is 2. The van der Waals surface area contributed by atoms with Crippen molar-refractivity contribution in [2.24, 2.45) is 0 Å². The van der Waals surface area contributed by atoms with Gasteiger partial charge in [-0.25, -0.2) is 0 Å². The lowest BCUT2D eigenvalue weighted by molar-refractivity contribution is -0.131. The van der Waals surface area contributed by atoms with E-state index in [1.54, 1.807) is 11.9 Å². The molecule has 1 aliphatic rings. The van der Waals surface area contributed by atoms with Gasteiger partial charge in [0, 0.05) is 26.9 Å². The van der Waals surface area contributed by atoms with Crippen LogP contribution >= 0.6 is 0 Å². The molecule has 0 aliphatic carbocycles. The monoisotopic (exact) mass is 334 g/mol. The van der Waals surface area contributed by atoms with Crippen LogP contribution in [0.15, 0.2) is 24.3 Å². The fourth-order valence-corrected chi connectivity index (χ4v) is 2.59. The molecule has 0 radical (unpaired) electrons. The Hall–Kier alpha value is -2.24. The van der Waals surface area contributed by atoms with E-state index in [0.717, 1.165) is 30.8 Å². The lowest BCUT2D eigenvalue weighted by Gasteiger charge is -2.29. The van der Waals surface area contributed by atoms with Crippen LogP contribution in [0.4, 0.5) is 0 Å². The maximum Gasteiger partial charge on any atom is 0.222 e. The van der Waals surface area contributed by atoms with Crippen LogP contribution < -0.4 is 14.8 Å². The van der Waals surface area contributed by atoms with E-state index in [-0.39, 0.29) is 17.9 Å². The van der Waals surface area contributed by atoms with E-state index in [4.69, 9.17) is 9.47 Å². The Labute approximate surface area is 143 Å². The van der Waals surface area contributed by atoms with Crippen molar-refractivity contribution in [1.29, 1.82) is 0 Å². The summed E-state index contributed by atoms with van der Waals surface area (Å²) in [5, 5.41) is 2.75. The number of benzene rings is 1. The molecule has 1 atom stereocenters. The van der Waals surface area contributed by atoms with E-state index in [0.29, 0.717) is 26.1 Å². The van der Waals surface area contributed by atoms with Gasteiger partial charge in [-0.1, -0.05) is 18.6 Å². The molecule has 132 valence electrons. The first-order valence-corrected chi connectivity index (χ1v) is 8.43. The SMILES string of the molecule is CC(=O)NCCCCCC(=O)N(C)CC1COc2ccccc2O1. The molecule has 1 unspecified atom stereocenters. The third-order valence-corrected chi connectivity index (χ3v) is 3.91. The smallest absolute Gasteiger partial charge is 0.222 e. The molecule has 1 aromatic carbocycles. The minimum atomic E-state index is -0.145. The Kier molecular flexibility index (Phi) is 6.90. The maximum atomic E-state index is 12.2. The number of carbonyl (C=O) groups excluding carboxylic acids is 2. The number of fused-ring (bicyclic) bond motifs is 1. The van der Waals surface area contributed by atoms with Gasteiger partial charge in [0.2, 0.25) is 11.8 Å². The van der Waals surface area contributed by atoms with Gasteiger partial charge in [0.25, 0.3) is 0 Å². The van der Waals surface area contributed by atoms with E-state index < -0.39 is 0 Å².